The van der Waals surface area contributed by atoms with Crippen molar-refractivity contribution in [1.29, 1.82) is 0 Å². The quantitative estimate of drug-likeness (QED) is 0.776. The molecule has 1 aliphatic rings. The van der Waals surface area contributed by atoms with Gasteiger partial charge in [-0.1, -0.05) is 60.7 Å². The minimum atomic E-state index is -0.0785. The Bertz CT molecular complexity index is 787. The summed E-state index contributed by atoms with van der Waals surface area (Å²) in [6.07, 6.45) is 4.03. The van der Waals surface area contributed by atoms with Crippen LogP contribution in [-0.4, -0.2) is 4.98 Å². The SMILES string of the molecule is NC1(c2ccc(-c3ncccc3-c3ccccc3)cc2)CC1. The first-order valence-corrected chi connectivity index (χ1v) is 7.66. The van der Waals surface area contributed by atoms with Gasteiger partial charge in [0.1, 0.15) is 0 Å². The van der Waals surface area contributed by atoms with Gasteiger partial charge in [0.25, 0.3) is 0 Å². The highest BCUT2D eigenvalue weighted by Crippen LogP contribution is 2.43. The Labute approximate surface area is 130 Å². The van der Waals surface area contributed by atoms with E-state index in [1.165, 1.54) is 11.1 Å². The fourth-order valence-electron chi connectivity index (χ4n) is 2.87. The average Bonchev–Trinajstić information content (AvgIpc) is 3.35. The van der Waals surface area contributed by atoms with Gasteiger partial charge in [0.2, 0.25) is 0 Å². The van der Waals surface area contributed by atoms with Gasteiger partial charge < -0.3 is 5.73 Å². The van der Waals surface area contributed by atoms with Gasteiger partial charge in [-0.3, -0.25) is 4.98 Å². The van der Waals surface area contributed by atoms with E-state index in [1.54, 1.807) is 0 Å². The Hall–Kier alpha value is -2.45. The first-order chi connectivity index (χ1) is 10.8. The van der Waals surface area contributed by atoms with Crippen LogP contribution >= 0.6 is 0 Å². The maximum Gasteiger partial charge on any atom is 0.0780 e. The van der Waals surface area contributed by atoms with E-state index in [0.29, 0.717) is 0 Å². The Morgan fingerprint density at radius 1 is 0.773 bits per heavy atom. The Morgan fingerprint density at radius 2 is 1.50 bits per heavy atom. The van der Waals surface area contributed by atoms with Gasteiger partial charge in [-0.15, -0.1) is 0 Å². The molecule has 0 spiro atoms. The van der Waals surface area contributed by atoms with Crippen molar-refractivity contribution in [2.45, 2.75) is 18.4 Å². The van der Waals surface area contributed by atoms with Crippen LogP contribution in [0.25, 0.3) is 22.4 Å². The molecule has 3 aromatic rings. The van der Waals surface area contributed by atoms with E-state index in [1.807, 2.05) is 18.3 Å². The van der Waals surface area contributed by atoms with Crippen molar-refractivity contribution in [2.24, 2.45) is 5.73 Å². The zero-order chi connectivity index (χ0) is 15.0. The average molecular weight is 286 g/mol. The topological polar surface area (TPSA) is 38.9 Å². The number of hydrogen-bond donors (Lipinski definition) is 1. The minimum Gasteiger partial charge on any atom is -0.321 e. The molecule has 1 aromatic heterocycles. The second-order valence-corrected chi connectivity index (χ2v) is 6.00. The van der Waals surface area contributed by atoms with Crippen LogP contribution in [0.15, 0.2) is 72.9 Å². The lowest BCUT2D eigenvalue weighted by Gasteiger charge is -2.12. The Morgan fingerprint density at radius 3 is 2.18 bits per heavy atom. The molecular weight excluding hydrogens is 268 g/mol. The van der Waals surface area contributed by atoms with Crippen LogP contribution in [0.1, 0.15) is 18.4 Å². The molecule has 2 nitrogen and oxygen atoms in total. The molecule has 22 heavy (non-hydrogen) atoms. The zero-order valence-corrected chi connectivity index (χ0v) is 12.4. The van der Waals surface area contributed by atoms with Gasteiger partial charge in [-0.25, -0.2) is 0 Å². The third-order valence-corrected chi connectivity index (χ3v) is 4.41. The molecular formula is C20H18N2. The van der Waals surface area contributed by atoms with E-state index in [0.717, 1.165) is 29.7 Å². The van der Waals surface area contributed by atoms with Crippen LogP contribution in [0.2, 0.25) is 0 Å². The second kappa shape index (κ2) is 5.08. The summed E-state index contributed by atoms with van der Waals surface area (Å²) >= 11 is 0. The van der Waals surface area contributed by atoms with Gasteiger partial charge in [0, 0.05) is 22.9 Å². The zero-order valence-electron chi connectivity index (χ0n) is 12.4. The normalized spacial score (nSPS) is 15.5. The van der Waals surface area contributed by atoms with Crippen molar-refractivity contribution in [3.05, 3.63) is 78.5 Å². The molecule has 2 N–H and O–H groups in total. The summed E-state index contributed by atoms with van der Waals surface area (Å²) in [4.78, 5) is 4.60. The monoisotopic (exact) mass is 286 g/mol. The smallest absolute Gasteiger partial charge is 0.0780 e. The molecule has 0 bridgehead atoms. The highest BCUT2D eigenvalue weighted by Gasteiger charge is 2.39. The summed E-state index contributed by atoms with van der Waals surface area (Å²) in [6, 6.07) is 23.1. The third-order valence-electron chi connectivity index (χ3n) is 4.41. The first-order valence-electron chi connectivity index (χ1n) is 7.66. The molecule has 0 aliphatic heterocycles. The Kier molecular flexibility index (Phi) is 3.05. The largest absolute Gasteiger partial charge is 0.321 e. The number of nitrogens with zero attached hydrogens (tertiary/aromatic N) is 1. The van der Waals surface area contributed by atoms with Crippen LogP contribution in [0, 0.1) is 0 Å². The highest BCUT2D eigenvalue weighted by molar-refractivity contribution is 5.80. The lowest BCUT2D eigenvalue weighted by Crippen LogP contribution is -2.18. The number of nitrogens with two attached hydrogens (primary N) is 1. The van der Waals surface area contributed by atoms with Gasteiger partial charge in [0.15, 0.2) is 0 Å². The van der Waals surface area contributed by atoms with Crippen LogP contribution in [0.4, 0.5) is 0 Å². The van der Waals surface area contributed by atoms with Gasteiger partial charge in [-0.05, 0) is 30.0 Å². The molecule has 1 saturated carbocycles. The van der Waals surface area contributed by atoms with E-state index in [9.17, 15) is 0 Å². The lowest BCUT2D eigenvalue weighted by molar-refractivity contribution is 0.740. The predicted octanol–water partition coefficient (Wildman–Crippen LogP) is 4.36. The summed E-state index contributed by atoms with van der Waals surface area (Å²) in [7, 11) is 0. The maximum atomic E-state index is 6.26. The number of aromatic nitrogens is 1. The van der Waals surface area contributed by atoms with Crippen molar-refractivity contribution in [3.8, 4) is 22.4 Å². The number of pyridine rings is 1. The van der Waals surface area contributed by atoms with Crippen molar-refractivity contribution in [2.75, 3.05) is 0 Å². The number of hydrogen-bond acceptors (Lipinski definition) is 2. The molecule has 108 valence electrons. The molecule has 4 rings (SSSR count). The van der Waals surface area contributed by atoms with Crippen LogP contribution in [-0.2, 0) is 5.54 Å². The summed E-state index contributed by atoms with van der Waals surface area (Å²) in [5.41, 5.74) is 11.9. The van der Waals surface area contributed by atoms with Crippen LogP contribution in [0.5, 0.6) is 0 Å². The van der Waals surface area contributed by atoms with E-state index in [4.69, 9.17) is 5.73 Å². The van der Waals surface area contributed by atoms with E-state index in [-0.39, 0.29) is 5.54 Å². The van der Waals surface area contributed by atoms with E-state index in [2.05, 4.69) is 59.6 Å². The van der Waals surface area contributed by atoms with Crippen molar-refractivity contribution in [3.63, 3.8) is 0 Å². The Balaban J connectivity index is 1.77. The molecule has 0 atom stereocenters. The maximum absolute atomic E-state index is 6.26. The summed E-state index contributed by atoms with van der Waals surface area (Å²) in [5.74, 6) is 0. The predicted molar refractivity (Wildman–Crippen MR) is 90.2 cm³/mol. The molecule has 1 aliphatic carbocycles. The summed E-state index contributed by atoms with van der Waals surface area (Å²) in [5, 5.41) is 0. The molecule has 0 amide bonds. The molecule has 0 saturated heterocycles. The fourth-order valence-corrected chi connectivity index (χ4v) is 2.87. The molecule has 1 fully saturated rings. The summed E-state index contributed by atoms with van der Waals surface area (Å²) < 4.78 is 0. The number of rotatable bonds is 3. The summed E-state index contributed by atoms with van der Waals surface area (Å²) in [6.45, 7) is 0. The van der Waals surface area contributed by atoms with Crippen molar-refractivity contribution < 1.29 is 0 Å². The molecule has 0 unspecified atom stereocenters. The molecule has 1 heterocycles. The fraction of sp³-hybridized carbons (Fsp3) is 0.150. The van der Waals surface area contributed by atoms with E-state index < -0.39 is 0 Å². The second-order valence-electron chi connectivity index (χ2n) is 6.00. The van der Waals surface area contributed by atoms with Crippen molar-refractivity contribution in [1.82, 2.24) is 4.98 Å². The first kappa shape index (κ1) is 13.2. The molecule has 0 radical (unpaired) electrons. The standard InChI is InChI=1S/C20H18N2/c21-20(12-13-20)17-10-8-16(9-11-17)19-18(7-4-14-22-19)15-5-2-1-3-6-15/h1-11,14H,12-13,21H2. The van der Waals surface area contributed by atoms with Crippen LogP contribution in [0.3, 0.4) is 0 Å². The number of benzene rings is 2. The van der Waals surface area contributed by atoms with Crippen LogP contribution < -0.4 is 5.73 Å². The highest BCUT2D eigenvalue weighted by atomic mass is 14.8. The molecule has 2 aromatic carbocycles. The third kappa shape index (κ3) is 2.32. The molecule has 2 heteroatoms. The van der Waals surface area contributed by atoms with Gasteiger partial charge in [-0.2, -0.15) is 0 Å². The minimum absolute atomic E-state index is 0.0785. The lowest BCUT2D eigenvalue weighted by atomic mass is 9.97. The van der Waals surface area contributed by atoms with Gasteiger partial charge in [0.05, 0.1) is 5.69 Å². The van der Waals surface area contributed by atoms with Crippen molar-refractivity contribution >= 4 is 0 Å². The van der Waals surface area contributed by atoms with E-state index >= 15 is 0 Å². The van der Waals surface area contributed by atoms with Gasteiger partial charge >= 0.3 is 0 Å².